The van der Waals surface area contributed by atoms with Crippen LogP contribution in [0.1, 0.15) is 142 Å². The van der Waals surface area contributed by atoms with Gasteiger partial charge in [0.2, 0.25) is 0 Å². The molecule has 0 aromatic rings. The normalized spacial score (nSPS) is 42.3. The molecule has 0 N–H and O–H groups in total. The molecule has 5 rings (SSSR count). The molecule has 0 bridgehead atoms. The van der Waals surface area contributed by atoms with Crippen molar-refractivity contribution < 1.29 is 9.47 Å². The minimum absolute atomic E-state index is 0.113. The molecule has 0 radical (unpaired) electrons. The molecule has 5 aliphatic rings. The summed E-state index contributed by atoms with van der Waals surface area (Å²) in [5.74, 6) is 1.52. The van der Waals surface area contributed by atoms with Crippen LogP contribution in [0.25, 0.3) is 0 Å². The van der Waals surface area contributed by atoms with Crippen LogP contribution in [0, 0.1) is 28.1 Å². The van der Waals surface area contributed by atoms with Crippen LogP contribution in [-0.2, 0) is 9.47 Å². The smallest absolute Gasteiger partial charge is 0.130 e. The third-order valence-electron chi connectivity index (χ3n) is 12.0. The Bertz CT molecular complexity index is 673. The lowest BCUT2D eigenvalue weighted by Gasteiger charge is -2.77. The molecule has 0 unspecified atom stereocenters. The average Bonchev–Trinajstić information content (AvgIpc) is 2.92. The summed E-state index contributed by atoms with van der Waals surface area (Å²) < 4.78 is 12.0. The van der Waals surface area contributed by atoms with Crippen molar-refractivity contribution >= 4 is 23.2 Å². The van der Waals surface area contributed by atoms with Crippen LogP contribution in [-0.4, -0.2) is 29.8 Å². The number of halogens is 2. The van der Waals surface area contributed by atoms with Crippen molar-refractivity contribution in [1.29, 1.82) is 0 Å². The molecule has 5 aliphatic carbocycles. The third kappa shape index (κ3) is 4.53. The van der Waals surface area contributed by atoms with E-state index in [1.54, 1.807) is 0 Å². The molecule has 36 heavy (non-hydrogen) atoms. The molecule has 4 heteroatoms. The summed E-state index contributed by atoms with van der Waals surface area (Å²) in [4.78, 5) is 0. The second-order valence-corrected chi connectivity index (χ2v) is 14.9. The zero-order chi connectivity index (χ0) is 25.3. The van der Waals surface area contributed by atoms with Gasteiger partial charge in [0.05, 0.1) is 12.2 Å². The van der Waals surface area contributed by atoms with E-state index >= 15 is 0 Å². The van der Waals surface area contributed by atoms with Crippen molar-refractivity contribution in [3.63, 3.8) is 0 Å². The first-order chi connectivity index (χ1) is 17.4. The first kappa shape index (κ1) is 28.0. The van der Waals surface area contributed by atoms with Gasteiger partial charge < -0.3 is 9.47 Å². The number of hydrogen-bond acceptors (Lipinski definition) is 2. The van der Waals surface area contributed by atoms with E-state index in [2.05, 4.69) is 13.8 Å². The van der Waals surface area contributed by atoms with Crippen LogP contribution >= 0.6 is 23.2 Å². The van der Waals surface area contributed by atoms with Crippen LogP contribution in [0.4, 0.5) is 0 Å². The lowest BCUT2D eigenvalue weighted by atomic mass is 9.32. The fourth-order valence-electron chi connectivity index (χ4n) is 10.5. The zero-order valence-corrected chi connectivity index (χ0v) is 25.0. The quantitative estimate of drug-likeness (QED) is 0.285. The standard InChI is InChI=1S/C32H54Cl2O2/c1-3-22-35-27-14-10-25(11-15-27)31(26-12-16-28(17-13-26)36-23-4-2)21-9-8-20-30(31)24-29(32(30,33)34)18-6-5-7-19-29/h25-28H,3-24H2,1-2H3/t25?,26?,27?,28?,30-,31?/m0/s1. The Morgan fingerprint density at radius 3 is 1.56 bits per heavy atom. The highest BCUT2D eigenvalue weighted by atomic mass is 35.5. The Balaban J connectivity index is 1.44. The van der Waals surface area contributed by atoms with Crippen LogP contribution < -0.4 is 0 Å². The molecule has 0 amide bonds. The molecular weight excluding hydrogens is 487 g/mol. The predicted octanol–water partition coefficient (Wildman–Crippen LogP) is 10.0. The van der Waals surface area contributed by atoms with E-state index in [1.165, 1.54) is 116 Å². The summed E-state index contributed by atoms with van der Waals surface area (Å²) in [6.07, 6.45) is 26.6. The molecule has 208 valence electrons. The summed E-state index contributed by atoms with van der Waals surface area (Å²) in [7, 11) is 0. The second-order valence-electron chi connectivity index (χ2n) is 13.6. The lowest BCUT2D eigenvalue weighted by Crippen LogP contribution is -2.75. The van der Waals surface area contributed by atoms with E-state index in [4.69, 9.17) is 32.7 Å². The van der Waals surface area contributed by atoms with E-state index in [0.29, 0.717) is 17.6 Å². The van der Waals surface area contributed by atoms with Gasteiger partial charge in [0, 0.05) is 24.0 Å². The van der Waals surface area contributed by atoms with Gasteiger partial charge in [-0.15, -0.1) is 23.2 Å². The van der Waals surface area contributed by atoms with Gasteiger partial charge in [0.1, 0.15) is 4.33 Å². The van der Waals surface area contributed by atoms with Crippen molar-refractivity contribution in [2.24, 2.45) is 28.1 Å². The summed E-state index contributed by atoms with van der Waals surface area (Å²) in [6, 6.07) is 0. The Hall–Kier alpha value is 0.500. The minimum Gasteiger partial charge on any atom is -0.378 e. The largest absolute Gasteiger partial charge is 0.378 e. The van der Waals surface area contributed by atoms with Gasteiger partial charge in [-0.1, -0.05) is 46.0 Å². The molecule has 0 saturated heterocycles. The monoisotopic (exact) mass is 540 g/mol. The molecule has 0 aliphatic heterocycles. The lowest BCUT2D eigenvalue weighted by molar-refractivity contribution is -0.238. The Labute approximate surface area is 232 Å². The molecule has 0 aromatic carbocycles. The van der Waals surface area contributed by atoms with Gasteiger partial charge in [-0.05, 0) is 114 Å². The highest BCUT2D eigenvalue weighted by molar-refractivity contribution is 6.50. The first-order valence-corrected chi connectivity index (χ1v) is 16.8. The Morgan fingerprint density at radius 1 is 0.611 bits per heavy atom. The highest BCUT2D eigenvalue weighted by Gasteiger charge is 2.79. The molecular formula is C32H54Cl2O2. The van der Waals surface area contributed by atoms with Crippen molar-refractivity contribution in [2.45, 2.75) is 159 Å². The highest BCUT2D eigenvalue weighted by Crippen LogP contribution is 2.83. The van der Waals surface area contributed by atoms with Crippen LogP contribution in [0.5, 0.6) is 0 Å². The summed E-state index contributed by atoms with van der Waals surface area (Å²) in [5.41, 5.74) is 0.602. The minimum atomic E-state index is -0.550. The fraction of sp³-hybridized carbons (Fsp3) is 1.00. The Kier molecular flexibility index (Phi) is 8.99. The summed E-state index contributed by atoms with van der Waals surface area (Å²) in [6.45, 7) is 6.29. The number of ether oxygens (including phenoxy) is 2. The SMILES string of the molecule is CCCOC1CCC(C2(C3CCC(OCCC)CC3)CCCC[C@]23CC2(CCCCC2)C3(Cl)Cl)CC1. The van der Waals surface area contributed by atoms with E-state index in [0.717, 1.165) is 37.9 Å². The summed E-state index contributed by atoms with van der Waals surface area (Å²) >= 11 is 15.6. The van der Waals surface area contributed by atoms with Crippen molar-refractivity contribution in [1.82, 2.24) is 0 Å². The number of hydrogen-bond donors (Lipinski definition) is 0. The molecule has 0 heterocycles. The van der Waals surface area contributed by atoms with Gasteiger partial charge in [-0.2, -0.15) is 0 Å². The second kappa shape index (κ2) is 11.5. The van der Waals surface area contributed by atoms with Crippen molar-refractivity contribution in [3.8, 4) is 0 Å². The molecule has 5 saturated carbocycles. The van der Waals surface area contributed by atoms with E-state index in [9.17, 15) is 0 Å². The van der Waals surface area contributed by atoms with E-state index in [1.807, 2.05) is 0 Å². The van der Waals surface area contributed by atoms with Gasteiger partial charge in [-0.3, -0.25) is 0 Å². The molecule has 2 spiro atoms. The maximum absolute atomic E-state index is 7.81. The molecule has 0 aromatic heterocycles. The van der Waals surface area contributed by atoms with Crippen LogP contribution in [0.3, 0.4) is 0 Å². The average molecular weight is 542 g/mol. The van der Waals surface area contributed by atoms with E-state index < -0.39 is 4.33 Å². The summed E-state index contributed by atoms with van der Waals surface area (Å²) in [5, 5.41) is 0. The first-order valence-electron chi connectivity index (χ1n) is 16.1. The van der Waals surface area contributed by atoms with Gasteiger partial charge in [-0.25, -0.2) is 0 Å². The zero-order valence-electron chi connectivity index (χ0n) is 23.4. The maximum Gasteiger partial charge on any atom is 0.130 e. The van der Waals surface area contributed by atoms with E-state index in [-0.39, 0.29) is 10.8 Å². The van der Waals surface area contributed by atoms with Gasteiger partial charge in [0.15, 0.2) is 0 Å². The predicted molar refractivity (Wildman–Crippen MR) is 152 cm³/mol. The number of rotatable bonds is 8. The van der Waals surface area contributed by atoms with Gasteiger partial charge in [0.25, 0.3) is 0 Å². The molecule has 2 nitrogen and oxygen atoms in total. The van der Waals surface area contributed by atoms with Crippen molar-refractivity contribution in [3.05, 3.63) is 0 Å². The topological polar surface area (TPSA) is 18.5 Å². The molecule has 5 fully saturated rings. The van der Waals surface area contributed by atoms with Gasteiger partial charge >= 0.3 is 0 Å². The van der Waals surface area contributed by atoms with Crippen LogP contribution in [0.15, 0.2) is 0 Å². The maximum atomic E-state index is 7.81. The number of alkyl halides is 2. The molecule has 1 atom stereocenters. The Morgan fingerprint density at radius 2 is 1.08 bits per heavy atom. The van der Waals surface area contributed by atoms with Crippen LogP contribution in [0.2, 0.25) is 0 Å². The van der Waals surface area contributed by atoms with Crippen molar-refractivity contribution in [2.75, 3.05) is 13.2 Å². The third-order valence-corrected chi connectivity index (χ3v) is 13.5. The fourth-order valence-corrected chi connectivity index (χ4v) is 11.7.